The van der Waals surface area contributed by atoms with Crippen molar-refractivity contribution >= 4 is 15.8 Å². The lowest BCUT2D eigenvalue weighted by Gasteiger charge is -2.08. The van der Waals surface area contributed by atoms with Gasteiger partial charge in [0.05, 0.1) is 4.90 Å². The zero-order valence-electron chi connectivity index (χ0n) is 10.8. The largest absolute Gasteiger partial charge is 0.316 e. The van der Waals surface area contributed by atoms with E-state index < -0.39 is 15.6 Å². The van der Waals surface area contributed by atoms with Crippen molar-refractivity contribution in [3.05, 3.63) is 52.3 Å². The molecule has 2 rings (SSSR count). The maximum absolute atomic E-state index is 12.2. The van der Waals surface area contributed by atoms with Gasteiger partial charge in [-0.15, -0.1) is 0 Å². The average Bonchev–Trinajstić information content (AvgIpc) is 2.42. The second-order valence-electron chi connectivity index (χ2n) is 4.09. The van der Waals surface area contributed by atoms with Gasteiger partial charge in [0.15, 0.2) is 5.82 Å². The topological polar surface area (TPSA) is 104 Å². The standard InChI is InChI=1S/C12H14N4O3S/c1-13-8-9-3-2-4-10(7-9)20(18,19)16-11-5-6-12(17)15-14-11/h2-7,13H,8H2,1H3,(H,14,16)(H,15,17). The Morgan fingerprint density at radius 3 is 2.70 bits per heavy atom. The zero-order valence-corrected chi connectivity index (χ0v) is 11.6. The van der Waals surface area contributed by atoms with Crippen LogP contribution in [0.5, 0.6) is 0 Å². The number of sulfonamides is 1. The van der Waals surface area contributed by atoms with Crippen LogP contribution in [-0.4, -0.2) is 25.7 Å². The van der Waals surface area contributed by atoms with E-state index in [0.29, 0.717) is 6.54 Å². The summed E-state index contributed by atoms with van der Waals surface area (Å²) in [7, 11) is -1.95. The van der Waals surface area contributed by atoms with Crippen LogP contribution in [-0.2, 0) is 16.6 Å². The smallest absolute Gasteiger partial charge is 0.264 e. The molecule has 0 aliphatic carbocycles. The first-order chi connectivity index (χ1) is 9.51. The van der Waals surface area contributed by atoms with Crippen LogP contribution in [0.15, 0.2) is 46.1 Å². The van der Waals surface area contributed by atoms with Crippen LogP contribution >= 0.6 is 0 Å². The number of nitrogens with zero attached hydrogens (tertiary/aromatic N) is 1. The monoisotopic (exact) mass is 294 g/mol. The minimum absolute atomic E-state index is 0.0589. The summed E-state index contributed by atoms with van der Waals surface area (Å²) in [6, 6.07) is 9.06. The van der Waals surface area contributed by atoms with E-state index in [4.69, 9.17) is 0 Å². The number of hydrogen-bond donors (Lipinski definition) is 3. The molecule has 1 aromatic carbocycles. The molecule has 0 aliphatic heterocycles. The van der Waals surface area contributed by atoms with Crippen LogP contribution in [0.3, 0.4) is 0 Å². The highest BCUT2D eigenvalue weighted by Gasteiger charge is 2.15. The van der Waals surface area contributed by atoms with E-state index in [0.717, 1.165) is 5.56 Å². The van der Waals surface area contributed by atoms with E-state index in [1.165, 1.54) is 18.2 Å². The highest BCUT2D eigenvalue weighted by Crippen LogP contribution is 2.14. The van der Waals surface area contributed by atoms with Crippen LogP contribution in [0.25, 0.3) is 0 Å². The van der Waals surface area contributed by atoms with Crippen molar-refractivity contribution < 1.29 is 8.42 Å². The van der Waals surface area contributed by atoms with Crippen LogP contribution in [0, 0.1) is 0 Å². The van der Waals surface area contributed by atoms with E-state index in [2.05, 4.69) is 20.2 Å². The van der Waals surface area contributed by atoms with Crippen molar-refractivity contribution in [2.75, 3.05) is 11.8 Å². The summed E-state index contributed by atoms with van der Waals surface area (Å²) >= 11 is 0. The number of anilines is 1. The summed E-state index contributed by atoms with van der Waals surface area (Å²) < 4.78 is 26.7. The van der Waals surface area contributed by atoms with Crippen molar-refractivity contribution in [3.8, 4) is 0 Å². The minimum Gasteiger partial charge on any atom is -0.316 e. The molecule has 0 bridgehead atoms. The Labute approximate surface area is 116 Å². The number of aromatic nitrogens is 2. The molecule has 0 saturated carbocycles. The van der Waals surface area contributed by atoms with Gasteiger partial charge in [0, 0.05) is 12.6 Å². The van der Waals surface area contributed by atoms with Gasteiger partial charge in [0.2, 0.25) is 0 Å². The number of H-pyrrole nitrogens is 1. The normalized spacial score (nSPS) is 11.2. The molecule has 3 N–H and O–H groups in total. The molecule has 0 amide bonds. The molecular weight excluding hydrogens is 280 g/mol. The Morgan fingerprint density at radius 2 is 2.05 bits per heavy atom. The number of benzene rings is 1. The number of hydrogen-bond acceptors (Lipinski definition) is 5. The molecular formula is C12H14N4O3S. The van der Waals surface area contributed by atoms with E-state index in [-0.39, 0.29) is 10.7 Å². The molecule has 2 aromatic rings. The Kier molecular flexibility index (Phi) is 4.16. The third-order valence-electron chi connectivity index (χ3n) is 2.51. The Morgan fingerprint density at radius 1 is 1.25 bits per heavy atom. The van der Waals surface area contributed by atoms with Gasteiger partial charge in [-0.05, 0) is 30.8 Å². The lowest BCUT2D eigenvalue weighted by molar-refractivity contribution is 0.600. The Balaban J connectivity index is 2.28. The fourth-order valence-corrected chi connectivity index (χ4v) is 2.70. The Bertz CT molecular complexity index is 735. The maximum Gasteiger partial charge on any atom is 0.264 e. The van der Waals surface area contributed by atoms with Gasteiger partial charge in [-0.3, -0.25) is 9.52 Å². The highest BCUT2D eigenvalue weighted by atomic mass is 32.2. The fourth-order valence-electron chi connectivity index (χ4n) is 1.62. The van der Waals surface area contributed by atoms with E-state index in [1.54, 1.807) is 19.2 Å². The molecule has 0 saturated heterocycles. The lowest BCUT2D eigenvalue weighted by Crippen LogP contribution is -2.17. The molecule has 0 radical (unpaired) electrons. The third kappa shape index (κ3) is 3.43. The van der Waals surface area contributed by atoms with Gasteiger partial charge < -0.3 is 5.32 Å². The third-order valence-corrected chi connectivity index (χ3v) is 3.86. The molecule has 1 heterocycles. The van der Waals surface area contributed by atoms with Crippen molar-refractivity contribution in [1.82, 2.24) is 15.5 Å². The highest BCUT2D eigenvalue weighted by molar-refractivity contribution is 7.92. The predicted molar refractivity (Wildman–Crippen MR) is 74.9 cm³/mol. The minimum atomic E-state index is -3.73. The molecule has 0 spiro atoms. The van der Waals surface area contributed by atoms with Gasteiger partial charge in [-0.25, -0.2) is 13.5 Å². The number of rotatable bonds is 5. The summed E-state index contributed by atoms with van der Waals surface area (Å²) in [5, 5.41) is 8.72. The lowest BCUT2D eigenvalue weighted by atomic mass is 10.2. The molecule has 0 aliphatic rings. The van der Waals surface area contributed by atoms with E-state index in [1.807, 2.05) is 6.07 Å². The quantitative estimate of drug-likeness (QED) is 0.735. The van der Waals surface area contributed by atoms with Gasteiger partial charge in [0.1, 0.15) is 0 Å². The summed E-state index contributed by atoms with van der Waals surface area (Å²) in [6.07, 6.45) is 0. The average molecular weight is 294 g/mol. The van der Waals surface area contributed by atoms with Crippen LogP contribution in [0.1, 0.15) is 5.56 Å². The van der Waals surface area contributed by atoms with Gasteiger partial charge in [0.25, 0.3) is 15.6 Å². The molecule has 1 aromatic heterocycles. The molecule has 106 valence electrons. The van der Waals surface area contributed by atoms with Crippen LogP contribution < -0.4 is 15.6 Å². The SMILES string of the molecule is CNCc1cccc(S(=O)(=O)Nc2ccc(=O)[nH]n2)c1. The summed E-state index contributed by atoms with van der Waals surface area (Å²) in [5.74, 6) is 0.0589. The van der Waals surface area contributed by atoms with Crippen molar-refractivity contribution in [2.24, 2.45) is 0 Å². The summed E-state index contributed by atoms with van der Waals surface area (Å²) in [6.45, 7) is 0.570. The first kappa shape index (κ1) is 14.2. The summed E-state index contributed by atoms with van der Waals surface area (Å²) in [5.41, 5.74) is 0.453. The number of aromatic amines is 1. The fraction of sp³-hybridized carbons (Fsp3) is 0.167. The predicted octanol–water partition coefficient (Wildman–Crippen LogP) is 0.290. The second kappa shape index (κ2) is 5.85. The molecule has 0 unspecified atom stereocenters. The first-order valence-corrected chi connectivity index (χ1v) is 7.32. The zero-order chi connectivity index (χ0) is 14.6. The number of nitrogens with one attached hydrogen (secondary N) is 3. The Hall–Kier alpha value is -2.19. The molecule has 0 fully saturated rings. The van der Waals surface area contributed by atoms with Gasteiger partial charge in [-0.1, -0.05) is 12.1 Å². The maximum atomic E-state index is 12.2. The van der Waals surface area contributed by atoms with Crippen LogP contribution in [0.4, 0.5) is 5.82 Å². The molecule has 7 nitrogen and oxygen atoms in total. The molecule has 20 heavy (non-hydrogen) atoms. The second-order valence-corrected chi connectivity index (χ2v) is 5.77. The first-order valence-electron chi connectivity index (χ1n) is 5.83. The van der Waals surface area contributed by atoms with Crippen molar-refractivity contribution in [2.45, 2.75) is 11.4 Å². The molecule has 0 atom stereocenters. The van der Waals surface area contributed by atoms with E-state index in [9.17, 15) is 13.2 Å². The van der Waals surface area contributed by atoms with Crippen molar-refractivity contribution in [3.63, 3.8) is 0 Å². The van der Waals surface area contributed by atoms with Crippen molar-refractivity contribution in [1.29, 1.82) is 0 Å². The van der Waals surface area contributed by atoms with E-state index >= 15 is 0 Å². The van der Waals surface area contributed by atoms with Gasteiger partial charge in [-0.2, -0.15) is 5.10 Å². The van der Waals surface area contributed by atoms with Crippen LogP contribution in [0.2, 0.25) is 0 Å². The van der Waals surface area contributed by atoms with Gasteiger partial charge >= 0.3 is 0 Å². The summed E-state index contributed by atoms with van der Waals surface area (Å²) in [4.78, 5) is 11.0. The molecule has 8 heteroatoms.